The van der Waals surface area contributed by atoms with Crippen molar-refractivity contribution >= 4 is 34.0 Å². The van der Waals surface area contributed by atoms with Crippen molar-refractivity contribution in [3.8, 4) is 0 Å². The third-order valence-corrected chi connectivity index (χ3v) is 8.69. The summed E-state index contributed by atoms with van der Waals surface area (Å²) in [5, 5.41) is 9.14. The summed E-state index contributed by atoms with van der Waals surface area (Å²) >= 11 is 0. The maximum absolute atomic E-state index is 14.6. The highest BCUT2D eigenvalue weighted by Gasteiger charge is 2.54. The number of hydrogen-bond donors (Lipinski definition) is 2. The van der Waals surface area contributed by atoms with Crippen molar-refractivity contribution in [3.63, 3.8) is 0 Å². The number of benzene rings is 1. The van der Waals surface area contributed by atoms with E-state index in [0.29, 0.717) is 18.8 Å². The molecular formula is C20H31ClFN3O5S. The highest BCUT2D eigenvalue weighted by atomic mass is 35.5. The Bertz CT molecular complexity index is 856. The van der Waals surface area contributed by atoms with Crippen LogP contribution in [-0.4, -0.2) is 68.0 Å². The Morgan fingerprint density at radius 1 is 1.23 bits per heavy atom. The Labute approximate surface area is 189 Å². The molecule has 31 heavy (non-hydrogen) atoms. The van der Waals surface area contributed by atoms with Gasteiger partial charge in [-0.05, 0) is 30.5 Å². The minimum atomic E-state index is -4.03. The van der Waals surface area contributed by atoms with Crippen molar-refractivity contribution in [1.29, 1.82) is 0 Å². The van der Waals surface area contributed by atoms with Gasteiger partial charge in [-0.25, -0.2) is 18.3 Å². The largest absolute Gasteiger partial charge is 0.381 e. The number of aryl methyl sites for hydroxylation is 1. The van der Waals surface area contributed by atoms with Gasteiger partial charge in [0, 0.05) is 52.2 Å². The number of hydroxylamine groups is 1. The number of carbonyl (C=O) groups excluding carboxylic acids is 1. The fourth-order valence-corrected chi connectivity index (χ4v) is 6.27. The average Bonchev–Trinajstić information content (AvgIpc) is 2.77. The van der Waals surface area contributed by atoms with Crippen molar-refractivity contribution in [2.45, 2.75) is 43.8 Å². The Morgan fingerprint density at radius 2 is 1.87 bits per heavy atom. The number of anilines is 1. The van der Waals surface area contributed by atoms with Crippen molar-refractivity contribution in [1.82, 2.24) is 9.79 Å². The summed E-state index contributed by atoms with van der Waals surface area (Å²) in [6.45, 7) is 3.26. The van der Waals surface area contributed by atoms with Gasteiger partial charge < -0.3 is 9.64 Å². The summed E-state index contributed by atoms with van der Waals surface area (Å²) < 4.78 is 46.0. The van der Waals surface area contributed by atoms with Crippen LogP contribution in [0.4, 0.5) is 10.1 Å². The molecule has 0 bridgehead atoms. The molecule has 2 N–H and O–H groups in total. The predicted molar refractivity (Wildman–Crippen MR) is 118 cm³/mol. The molecule has 0 atom stereocenters. The molecule has 0 saturated carbocycles. The highest BCUT2D eigenvalue weighted by molar-refractivity contribution is 7.91. The van der Waals surface area contributed by atoms with Gasteiger partial charge in [0.05, 0.1) is 5.69 Å². The number of nitrogens with zero attached hydrogens (tertiary/aromatic N) is 2. The lowest BCUT2D eigenvalue weighted by Gasteiger charge is -2.42. The van der Waals surface area contributed by atoms with Crippen LogP contribution in [0.2, 0.25) is 0 Å². The zero-order valence-electron chi connectivity index (χ0n) is 17.7. The second-order valence-electron chi connectivity index (χ2n) is 7.83. The topological polar surface area (TPSA) is 99.2 Å². The Balaban J connectivity index is 0.00000341. The molecule has 1 amide bonds. The summed E-state index contributed by atoms with van der Waals surface area (Å²) in [5.41, 5.74) is 2.94. The van der Waals surface area contributed by atoms with Gasteiger partial charge in [0.15, 0.2) is 4.75 Å². The Morgan fingerprint density at radius 3 is 2.42 bits per heavy atom. The quantitative estimate of drug-likeness (QED) is 0.459. The molecule has 3 rings (SSSR count). The zero-order valence-corrected chi connectivity index (χ0v) is 19.3. The second-order valence-corrected chi connectivity index (χ2v) is 10.1. The van der Waals surface area contributed by atoms with Gasteiger partial charge in [0.2, 0.25) is 10.0 Å². The molecule has 176 valence electrons. The van der Waals surface area contributed by atoms with Crippen LogP contribution in [0, 0.1) is 5.82 Å². The molecule has 1 aromatic carbocycles. The second kappa shape index (κ2) is 10.9. The van der Waals surface area contributed by atoms with Crippen LogP contribution in [0.1, 0.15) is 38.2 Å². The summed E-state index contributed by atoms with van der Waals surface area (Å²) in [6, 6.07) is 5.22. The number of nitrogens with one attached hydrogen (secondary N) is 1. The maximum atomic E-state index is 14.6. The monoisotopic (exact) mass is 479 g/mol. The average molecular weight is 480 g/mol. The smallest absolute Gasteiger partial charge is 0.266 e. The van der Waals surface area contributed by atoms with Crippen LogP contribution in [0.3, 0.4) is 0 Å². The zero-order chi connectivity index (χ0) is 21.8. The predicted octanol–water partition coefficient (Wildman–Crippen LogP) is 2.10. The van der Waals surface area contributed by atoms with Crippen LogP contribution in [-0.2, 0) is 26.0 Å². The highest BCUT2D eigenvalue weighted by Crippen LogP contribution is 2.34. The molecule has 0 aromatic heterocycles. The van der Waals surface area contributed by atoms with Gasteiger partial charge in [-0.2, -0.15) is 4.31 Å². The van der Waals surface area contributed by atoms with Crippen molar-refractivity contribution in [3.05, 3.63) is 29.6 Å². The lowest BCUT2D eigenvalue weighted by Crippen LogP contribution is -2.62. The van der Waals surface area contributed by atoms with E-state index >= 15 is 0 Å². The van der Waals surface area contributed by atoms with E-state index in [9.17, 15) is 17.6 Å². The number of rotatable bonds is 7. The fourth-order valence-electron chi connectivity index (χ4n) is 4.16. The van der Waals surface area contributed by atoms with Crippen LogP contribution in [0.5, 0.6) is 0 Å². The molecule has 0 unspecified atom stereocenters. The molecule has 2 aliphatic heterocycles. The number of ether oxygens (including phenoxy) is 1. The van der Waals surface area contributed by atoms with Gasteiger partial charge in [-0.1, -0.05) is 19.4 Å². The summed E-state index contributed by atoms with van der Waals surface area (Å²) in [4.78, 5) is 14.2. The molecule has 0 radical (unpaired) electrons. The first-order valence-corrected chi connectivity index (χ1v) is 11.8. The molecule has 0 aliphatic carbocycles. The number of sulfonamides is 1. The van der Waals surface area contributed by atoms with E-state index in [1.54, 1.807) is 12.1 Å². The Kier molecular flexibility index (Phi) is 9.08. The number of piperazine rings is 1. The lowest BCUT2D eigenvalue weighted by molar-refractivity contribution is -0.134. The van der Waals surface area contributed by atoms with E-state index < -0.39 is 20.7 Å². The number of carbonyl (C=O) groups is 1. The molecule has 0 spiro atoms. The normalized spacial score (nSPS) is 19.5. The number of unbranched alkanes of at least 4 members (excludes halogenated alkanes) is 1. The van der Waals surface area contributed by atoms with E-state index in [1.165, 1.54) is 9.79 Å². The first-order chi connectivity index (χ1) is 14.4. The summed E-state index contributed by atoms with van der Waals surface area (Å²) in [6.07, 6.45) is 2.84. The van der Waals surface area contributed by atoms with Gasteiger partial charge in [-0.3, -0.25) is 10.0 Å². The first-order valence-electron chi connectivity index (χ1n) is 10.4. The Hall–Kier alpha value is -1.46. The molecule has 2 fully saturated rings. The molecule has 2 aliphatic rings. The minimum absolute atomic E-state index is 0. The number of hydrogen-bond acceptors (Lipinski definition) is 6. The van der Waals surface area contributed by atoms with Crippen molar-refractivity contribution in [2.75, 3.05) is 44.3 Å². The van der Waals surface area contributed by atoms with Crippen molar-refractivity contribution in [2.24, 2.45) is 0 Å². The summed E-state index contributed by atoms with van der Waals surface area (Å²) in [5.74, 6) is -1.23. The SMILES string of the molecule is CCCCc1ccc(N2CCN(S(=O)(=O)C3(C(=O)NO)CCOCC3)CC2)c(F)c1.Cl. The number of halogens is 2. The molecule has 1 aromatic rings. The van der Waals surface area contributed by atoms with E-state index in [-0.39, 0.29) is 57.4 Å². The van der Waals surface area contributed by atoms with E-state index in [4.69, 9.17) is 9.94 Å². The summed E-state index contributed by atoms with van der Waals surface area (Å²) in [7, 11) is -4.03. The van der Waals surface area contributed by atoms with Gasteiger partial charge >= 0.3 is 0 Å². The van der Waals surface area contributed by atoms with Gasteiger partial charge in [-0.15, -0.1) is 12.4 Å². The molecule has 2 saturated heterocycles. The minimum Gasteiger partial charge on any atom is -0.381 e. The standard InChI is InChI=1S/C20H30FN3O5S.ClH/c1-2-3-4-16-5-6-18(17(21)15-16)23-9-11-24(12-10-23)30(27,28)20(19(25)22-26)7-13-29-14-8-20;/h5-6,15,26H,2-4,7-14H2,1H3,(H,22,25);1H. The first kappa shape index (κ1) is 25.8. The van der Waals surface area contributed by atoms with Gasteiger partial charge in [0.1, 0.15) is 5.82 Å². The third-order valence-electron chi connectivity index (χ3n) is 6.06. The van der Waals surface area contributed by atoms with E-state index in [1.807, 2.05) is 11.0 Å². The molecular weight excluding hydrogens is 449 g/mol. The number of amides is 1. The van der Waals surface area contributed by atoms with Crippen LogP contribution in [0.15, 0.2) is 18.2 Å². The maximum Gasteiger partial charge on any atom is 0.266 e. The van der Waals surface area contributed by atoms with E-state index in [2.05, 4.69) is 6.92 Å². The van der Waals surface area contributed by atoms with Gasteiger partial charge in [0.25, 0.3) is 5.91 Å². The lowest BCUT2D eigenvalue weighted by atomic mass is 9.98. The van der Waals surface area contributed by atoms with Crippen LogP contribution >= 0.6 is 12.4 Å². The molecule has 11 heteroatoms. The van der Waals surface area contributed by atoms with Crippen LogP contribution < -0.4 is 10.4 Å². The van der Waals surface area contributed by atoms with E-state index in [0.717, 1.165) is 24.8 Å². The third kappa shape index (κ3) is 5.14. The van der Waals surface area contributed by atoms with Crippen LogP contribution in [0.25, 0.3) is 0 Å². The fraction of sp³-hybridized carbons (Fsp3) is 0.650. The molecule has 8 nitrogen and oxygen atoms in total. The van der Waals surface area contributed by atoms with Crippen molar-refractivity contribution < 1.29 is 27.5 Å². The molecule has 2 heterocycles.